The number of nitrogens with one attached hydrogen (secondary N) is 1. The van der Waals surface area contributed by atoms with Crippen LogP contribution in [0.1, 0.15) is 6.92 Å². The van der Waals surface area contributed by atoms with E-state index >= 15 is 0 Å². The minimum Gasteiger partial charge on any atom is -0.295 e. The van der Waals surface area contributed by atoms with E-state index in [-0.39, 0.29) is 6.04 Å². The summed E-state index contributed by atoms with van der Waals surface area (Å²) in [7, 11) is 0. The Labute approximate surface area is 36.8 Å². The lowest BCUT2D eigenvalue weighted by Crippen LogP contribution is -1.79. The smallest absolute Gasteiger partial charge is 0.111 e. The zero-order chi connectivity index (χ0) is 4.57. The number of hydrogen-bond acceptors (Lipinski definition) is 2. The van der Waals surface area contributed by atoms with E-state index in [1.165, 1.54) is 0 Å². The van der Waals surface area contributed by atoms with Crippen molar-refractivity contribution in [2.24, 2.45) is 0 Å². The molecule has 1 aliphatic rings. The summed E-state index contributed by atoms with van der Waals surface area (Å²) in [4.78, 5) is 0. The zero-order valence-corrected chi connectivity index (χ0v) is 3.60. The van der Waals surface area contributed by atoms with Crippen LogP contribution in [-0.2, 0) is 0 Å². The van der Waals surface area contributed by atoms with Crippen LogP contribution >= 0.6 is 0 Å². The largest absolute Gasteiger partial charge is 0.295 e. The van der Waals surface area contributed by atoms with Crippen molar-refractivity contribution >= 4 is 0 Å². The van der Waals surface area contributed by atoms with Crippen LogP contribution in [0.3, 0.4) is 0 Å². The van der Waals surface area contributed by atoms with E-state index in [4.69, 9.17) is 5.26 Å². The lowest BCUT2D eigenvalue weighted by Gasteiger charge is -1.60. The fourth-order valence-electron chi connectivity index (χ4n) is 0.377. The molecule has 0 radical (unpaired) electrons. The highest BCUT2D eigenvalue weighted by Gasteiger charge is 2.30. The maximum absolute atomic E-state index is 8.06. The number of nitrogens with zero attached hydrogens (tertiary/aromatic N) is 1. The van der Waals surface area contributed by atoms with Crippen molar-refractivity contribution in [3.8, 4) is 6.07 Å². The molecule has 1 fully saturated rings. The molecule has 1 aliphatic heterocycles. The molecule has 1 heterocycles. The van der Waals surface area contributed by atoms with Gasteiger partial charge in [-0.1, -0.05) is 0 Å². The van der Waals surface area contributed by atoms with Gasteiger partial charge in [-0.25, -0.2) is 0 Å². The highest BCUT2D eigenvalue weighted by molar-refractivity contribution is 5.09. The van der Waals surface area contributed by atoms with Crippen molar-refractivity contribution in [2.75, 3.05) is 0 Å². The Morgan fingerprint density at radius 2 is 2.33 bits per heavy atom. The normalized spacial score (nSPS) is 41.3. The molecule has 2 atom stereocenters. The minimum atomic E-state index is 0.157. The van der Waals surface area contributed by atoms with E-state index in [9.17, 15) is 0 Å². The highest BCUT2D eigenvalue weighted by Crippen LogP contribution is 2.05. The summed E-state index contributed by atoms with van der Waals surface area (Å²) < 4.78 is 0. The summed E-state index contributed by atoms with van der Waals surface area (Å²) >= 11 is 0. The SMILES string of the molecule is CC1NC1C#N. The van der Waals surface area contributed by atoms with E-state index in [2.05, 4.69) is 11.4 Å². The van der Waals surface area contributed by atoms with Crippen molar-refractivity contribution in [1.82, 2.24) is 5.32 Å². The van der Waals surface area contributed by atoms with E-state index in [0.29, 0.717) is 6.04 Å². The van der Waals surface area contributed by atoms with Crippen LogP contribution in [0, 0.1) is 11.3 Å². The van der Waals surface area contributed by atoms with E-state index < -0.39 is 0 Å². The van der Waals surface area contributed by atoms with E-state index in [1.54, 1.807) is 0 Å². The van der Waals surface area contributed by atoms with Crippen LogP contribution in [0.4, 0.5) is 0 Å². The minimum absolute atomic E-state index is 0.157. The van der Waals surface area contributed by atoms with Crippen molar-refractivity contribution in [2.45, 2.75) is 19.0 Å². The van der Waals surface area contributed by atoms with Crippen LogP contribution in [0.15, 0.2) is 0 Å². The quantitative estimate of drug-likeness (QED) is 0.414. The molecule has 0 spiro atoms. The molecule has 32 valence electrons. The molecule has 1 rings (SSSR count). The van der Waals surface area contributed by atoms with Crippen LogP contribution < -0.4 is 5.32 Å². The van der Waals surface area contributed by atoms with Gasteiger partial charge in [0.1, 0.15) is 6.04 Å². The molecule has 2 nitrogen and oxygen atoms in total. The van der Waals surface area contributed by atoms with Gasteiger partial charge in [-0.05, 0) is 6.92 Å². The topological polar surface area (TPSA) is 45.7 Å². The van der Waals surface area contributed by atoms with Gasteiger partial charge in [0.2, 0.25) is 0 Å². The van der Waals surface area contributed by atoms with Crippen LogP contribution in [0.2, 0.25) is 0 Å². The molecular formula is C4H6N2. The summed E-state index contributed by atoms with van der Waals surface area (Å²) in [6.07, 6.45) is 0. The van der Waals surface area contributed by atoms with Crippen molar-refractivity contribution in [3.63, 3.8) is 0 Å². The standard InChI is InChI=1S/C4H6N2/c1-3-4(2-5)6-3/h3-4,6H,1H3. The van der Waals surface area contributed by atoms with Gasteiger partial charge in [-0.3, -0.25) is 5.32 Å². The second-order valence-corrected chi connectivity index (χ2v) is 1.56. The van der Waals surface area contributed by atoms with Gasteiger partial charge in [0.15, 0.2) is 0 Å². The van der Waals surface area contributed by atoms with Crippen molar-refractivity contribution < 1.29 is 0 Å². The Hall–Kier alpha value is -0.550. The lowest BCUT2D eigenvalue weighted by atomic mass is 10.4. The van der Waals surface area contributed by atoms with Gasteiger partial charge in [-0.2, -0.15) is 5.26 Å². The third kappa shape index (κ3) is 0.373. The molecular weight excluding hydrogens is 76.1 g/mol. The average molecular weight is 82.1 g/mol. The molecule has 0 amide bonds. The monoisotopic (exact) mass is 82.1 g/mol. The van der Waals surface area contributed by atoms with Gasteiger partial charge in [0.05, 0.1) is 6.07 Å². The lowest BCUT2D eigenvalue weighted by molar-refractivity contribution is 1.09. The van der Waals surface area contributed by atoms with Crippen molar-refractivity contribution in [3.05, 3.63) is 0 Å². The first-order valence-corrected chi connectivity index (χ1v) is 2.00. The predicted molar refractivity (Wildman–Crippen MR) is 22.0 cm³/mol. The van der Waals surface area contributed by atoms with E-state index in [0.717, 1.165) is 0 Å². The van der Waals surface area contributed by atoms with E-state index in [1.807, 2.05) is 6.92 Å². The summed E-state index contributed by atoms with van der Waals surface area (Å²) in [5.74, 6) is 0. The summed E-state index contributed by atoms with van der Waals surface area (Å²) in [6.45, 7) is 1.99. The fourth-order valence-corrected chi connectivity index (χ4v) is 0.377. The Balaban J connectivity index is 2.31. The van der Waals surface area contributed by atoms with Crippen LogP contribution in [0.25, 0.3) is 0 Å². The molecule has 0 saturated carbocycles. The maximum atomic E-state index is 8.06. The van der Waals surface area contributed by atoms with Gasteiger partial charge in [0.25, 0.3) is 0 Å². The average Bonchev–Trinajstić information content (AvgIpc) is 2.19. The fraction of sp³-hybridized carbons (Fsp3) is 0.750. The van der Waals surface area contributed by atoms with Gasteiger partial charge >= 0.3 is 0 Å². The Morgan fingerprint density at radius 1 is 1.83 bits per heavy atom. The van der Waals surface area contributed by atoms with Crippen LogP contribution in [-0.4, -0.2) is 12.1 Å². The third-order valence-electron chi connectivity index (χ3n) is 0.972. The highest BCUT2D eigenvalue weighted by atomic mass is 15.1. The van der Waals surface area contributed by atoms with Gasteiger partial charge < -0.3 is 0 Å². The number of rotatable bonds is 0. The second kappa shape index (κ2) is 0.954. The Bertz CT molecular complexity index is 92.2. The molecule has 0 aromatic carbocycles. The molecule has 1 saturated heterocycles. The predicted octanol–water partition coefficient (Wildman–Crippen LogP) is -0.130. The van der Waals surface area contributed by atoms with Gasteiger partial charge in [0, 0.05) is 6.04 Å². The number of hydrogen-bond donors (Lipinski definition) is 1. The molecule has 6 heavy (non-hydrogen) atoms. The Kier molecular flexibility index (Phi) is 0.578. The van der Waals surface area contributed by atoms with Crippen LogP contribution in [0.5, 0.6) is 0 Å². The molecule has 0 aromatic rings. The zero-order valence-electron chi connectivity index (χ0n) is 3.60. The summed E-state index contributed by atoms with van der Waals surface area (Å²) in [6, 6.07) is 2.69. The molecule has 2 heteroatoms. The van der Waals surface area contributed by atoms with Crippen molar-refractivity contribution in [1.29, 1.82) is 5.26 Å². The maximum Gasteiger partial charge on any atom is 0.111 e. The second-order valence-electron chi connectivity index (χ2n) is 1.56. The molecule has 2 unspecified atom stereocenters. The molecule has 0 aromatic heterocycles. The summed E-state index contributed by atoms with van der Waals surface area (Å²) in [5.41, 5.74) is 0. The Morgan fingerprint density at radius 3 is 2.33 bits per heavy atom. The molecule has 0 bridgehead atoms. The first-order chi connectivity index (χ1) is 2.84. The summed E-state index contributed by atoms with van der Waals surface area (Å²) in [5, 5.41) is 11.0. The number of nitriles is 1. The first kappa shape index (κ1) is 3.63. The van der Waals surface area contributed by atoms with Gasteiger partial charge in [-0.15, -0.1) is 0 Å². The third-order valence-corrected chi connectivity index (χ3v) is 0.972. The molecule has 0 aliphatic carbocycles. The first-order valence-electron chi connectivity index (χ1n) is 2.00. The molecule has 1 N–H and O–H groups in total.